The molecule has 1 heterocycles. The molecule has 0 aliphatic rings. The number of nitrogens with one attached hydrogen (secondary N) is 1. The summed E-state index contributed by atoms with van der Waals surface area (Å²) >= 11 is 4.80. The molecule has 0 amide bonds. The Balaban J connectivity index is 2.26. The fraction of sp³-hybridized carbons (Fsp3) is 0.0769. The Labute approximate surface area is 114 Å². The van der Waals surface area contributed by atoms with Gasteiger partial charge in [-0.05, 0) is 30.7 Å². The van der Waals surface area contributed by atoms with Crippen molar-refractivity contribution in [3.05, 3.63) is 53.2 Å². The molecule has 1 aromatic heterocycles. The number of aromatic nitrogens is 1. The Morgan fingerprint density at radius 3 is 2.58 bits per heavy atom. The summed E-state index contributed by atoms with van der Waals surface area (Å²) in [6, 6.07) is 5.46. The first-order valence-electron chi connectivity index (χ1n) is 5.46. The fourth-order valence-corrected chi connectivity index (χ4v) is 1.61. The van der Waals surface area contributed by atoms with Crippen molar-refractivity contribution in [1.29, 1.82) is 0 Å². The Morgan fingerprint density at radius 2 is 2.00 bits per heavy atom. The summed E-state index contributed by atoms with van der Waals surface area (Å²) < 4.78 is 27.0. The maximum atomic E-state index is 13.6. The van der Waals surface area contributed by atoms with Crippen molar-refractivity contribution in [2.24, 2.45) is 5.73 Å². The van der Waals surface area contributed by atoms with Crippen LogP contribution in [0, 0.1) is 18.6 Å². The first-order chi connectivity index (χ1) is 8.97. The van der Waals surface area contributed by atoms with E-state index in [1.54, 1.807) is 12.1 Å². The summed E-state index contributed by atoms with van der Waals surface area (Å²) in [4.78, 5) is 4.25. The van der Waals surface area contributed by atoms with Crippen molar-refractivity contribution < 1.29 is 8.78 Å². The first kappa shape index (κ1) is 13.4. The highest BCUT2D eigenvalue weighted by Gasteiger charge is 2.08. The highest BCUT2D eigenvalue weighted by Crippen LogP contribution is 2.22. The molecular formula is C13H11F2N3S. The molecule has 0 unspecified atom stereocenters. The zero-order valence-electron chi connectivity index (χ0n) is 10.1. The molecule has 0 spiro atoms. The third kappa shape index (κ3) is 3.03. The van der Waals surface area contributed by atoms with E-state index in [2.05, 4.69) is 10.3 Å². The number of nitrogens with two attached hydrogens (primary N) is 1. The molecule has 6 heteroatoms. The molecule has 2 aromatic rings. The second kappa shape index (κ2) is 5.27. The van der Waals surface area contributed by atoms with Crippen LogP contribution in [0.2, 0.25) is 0 Å². The van der Waals surface area contributed by atoms with Gasteiger partial charge in [-0.2, -0.15) is 0 Å². The van der Waals surface area contributed by atoms with Gasteiger partial charge in [0.15, 0.2) is 0 Å². The van der Waals surface area contributed by atoms with Gasteiger partial charge in [-0.3, -0.25) is 0 Å². The van der Waals surface area contributed by atoms with Crippen LogP contribution in [0.25, 0.3) is 0 Å². The van der Waals surface area contributed by atoms with Crippen LogP contribution in [0.5, 0.6) is 0 Å². The molecule has 0 aliphatic heterocycles. The van der Waals surface area contributed by atoms with Crippen LogP contribution >= 0.6 is 12.2 Å². The van der Waals surface area contributed by atoms with Gasteiger partial charge in [-0.15, -0.1) is 0 Å². The lowest BCUT2D eigenvalue weighted by Crippen LogP contribution is -2.09. The molecule has 2 rings (SSSR count). The highest BCUT2D eigenvalue weighted by molar-refractivity contribution is 7.80. The zero-order valence-corrected chi connectivity index (χ0v) is 10.9. The predicted octanol–water partition coefficient (Wildman–Crippen LogP) is 3.05. The maximum Gasteiger partial charge on any atom is 0.147 e. The molecular weight excluding hydrogens is 268 g/mol. The van der Waals surface area contributed by atoms with E-state index in [9.17, 15) is 8.78 Å². The molecule has 0 atom stereocenters. The SMILES string of the molecule is Cc1cc(F)c(Nc2ccc(C(N)=S)cn2)cc1F. The molecule has 0 aliphatic carbocycles. The Bertz CT molecular complexity index is 627. The standard InChI is InChI=1S/C13H11F2N3S/c1-7-4-10(15)11(5-9(7)14)18-12-3-2-8(6-17-12)13(16)19/h2-6H,1H3,(H2,16,19)(H,17,18). The molecule has 0 radical (unpaired) electrons. The fourth-order valence-electron chi connectivity index (χ4n) is 1.49. The second-order valence-corrected chi connectivity index (χ2v) is 4.44. The van der Waals surface area contributed by atoms with Gasteiger partial charge in [0.25, 0.3) is 0 Å². The lowest BCUT2D eigenvalue weighted by atomic mass is 10.2. The average molecular weight is 279 g/mol. The van der Waals surface area contributed by atoms with Crippen LogP contribution in [0.15, 0.2) is 30.5 Å². The van der Waals surface area contributed by atoms with Gasteiger partial charge in [0.2, 0.25) is 0 Å². The summed E-state index contributed by atoms with van der Waals surface area (Å²) in [5.41, 5.74) is 6.32. The topological polar surface area (TPSA) is 50.9 Å². The number of anilines is 2. The van der Waals surface area contributed by atoms with Gasteiger partial charge in [0.1, 0.15) is 22.4 Å². The highest BCUT2D eigenvalue weighted by atomic mass is 32.1. The number of nitrogens with zero attached hydrogens (tertiary/aromatic N) is 1. The minimum absolute atomic E-state index is 0.0266. The molecule has 0 saturated heterocycles. The van der Waals surface area contributed by atoms with Crippen molar-refractivity contribution in [3.63, 3.8) is 0 Å². The average Bonchev–Trinajstić information content (AvgIpc) is 2.36. The third-order valence-corrected chi connectivity index (χ3v) is 2.79. The number of pyridine rings is 1. The number of benzene rings is 1. The van der Waals surface area contributed by atoms with Gasteiger partial charge in [0.05, 0.1) is 5.69 Å². The Hall–Kier alpha value is -2.08. The van der Waals surface area contributed by atoms with Crippen molar-refractivity contribution >= 4 is 28.7 Å². The van der Waals surface area contributed by atoms with Gasteiger partial charge < -0.3 is 11.1 Å². The smallest absolute Gasteiger partial charge is 0.147 e. The summed E-state index contributed by atoms with van der Waals surface area (Å²) in [7, 11) is 0. The van der Waals surface area contributed by atoms with Crippen LogP contribution < -0.4 is 11.1 Å². The monoisotopic (exact) mass is 279 g/mol. The quantitative estimate of drug-likeness (QED) is 0.848. The molecule has 3 N–H and O–H groups in total. The molecule has 0 bridgehead atoms. The van der Waals surface area contributed by atoms with Crippen molar-refractivity contribution in [3.8, 4) is 0 Å². The van der Waals surface area contributed by atoms with Crippen LogP contribution in [-0.4, -0.2) is 9.97 Å². The summed E-state index contributed by atoms with van der Waals surface area (Å²) in [6.45, 7) is 1.50. The van der Waals surface area contributed by atoms with Gasteiger partial charge in [-0.1, -0.05) is 12.2 Å². The van der Waals surface area contributed by atoms with Crippen LogP contribution in [0.3, 0.4) is 0 Å². The number of hydrogen-bond acceptors (Lipinski definition) is 3. The maximum absolute atomic E-state index is 13.6. The molecule has 0 saturated carbocycles. The van der Waals surface area contributed by atoms with E-state index in [0.29, 0.717) is 11.4 Å². The lowest BCUT2D eigenvalue weighted by molar-refractivity contribution is 0.595. The number of halogens is 2. The summed E-state index contributed by atoms with van der Waals surface area (Å²) in [5.74, 6) is -0.648. The first-order valence-corrected chi connectivity index (χ1v) is 5.86. The van der Waals surface area contributed by atoms with E-state index in [4.69, 9.17) is 18.0 Å². The number of rotatable bonds is 3. The lowest BCUT2D eigenvalue weighted by Gasteiger charge is -2.08. The minimum Gasteiger partial charge on any atom is -0.389 e. The van der Waals surface area contributed by atoms with E-state index in [-0.39, 0.29) is 16.2 Å². The molecule has 3 nitrogen and oxygen atoms in total. The second-order valence-electron chi connectivity index (χ2n) is 4.00. The number of thiocarbonyl (C=S) groups is 1. The molecule has 98 valence electrons. The van der Waals surface area contributed by atoms with Crippen LogP contribution in [-0.2, 0) is 0 Å². The van der Waals surface area contributed by atoms with Crippen molar-refractivity contribution in [2.45, 2.75) is 6.92 Å². The minimum atomic E-state index is -0.542. The van der Waals surface area contributed by atoms with E-state index in [1.807, 2.05) is 0 Å². The van der Waals surface area contributed by atoms with Crippen LogP contribution in [0.1, 0.15) is 11.1 Å². The van der Waals surface area contributed by atoms with E-state index < -0.39 is 11.6 Å². The summed E-state index contributed by atoms with van der Waals surface area (Å²) in [6.07, 6.45) is 1.47. The Kier molecular flexibility index (Phi) is 3.71. The van der Waals surface area contributed by atoms with E-state index >= 15 is 0 Å². The van der Waals surface area contributed by atoms with Gasteiger partial charge in [0, 0.05) is 17.8 Å². The van der Waals surface area contributed by atoms with Gasteiger partial charge >= 0.3 is 0 Å². The molecule has 1 aromatic carbocycles. The third-order valence-electron chi connectivity index (χ3n) is 2.56. The molecule has 0 fully saturated rings. The van der Waals surface area contributed by atoms with Crippen LogP contribution in [0.4, 0.5) is 20.3 Å². The summed E-state index contributed by atoms with van der Waals surface area (Å²) in [5, 5.41) is 2.70. The normalized spacial score (nSPS) is 10.3. The van der Waals surface area contributed by atoms with Crippen molar-refractivity contribution in [2.75, 3.05) is 5.32 Å². The number of aryl methyl sites for hydroxylation is 1. The van der Waals surface area contributed by atoms with E-state index in [0.717, 1.165) is 12.1 Å². The van der Waals surface area contributed by atoms with E-state index in [1.165, 1.54) is 13.1 Å². The largest absolute Gasteiger partial charge is 0.389 e. The zero-order chi connectivity index (χ0) is 14.0. The number of hydrogen-bond donors (Lipinski definition) is 2. The van der Waals surface area contributed by atoms with Crippen molar-refractivity contribution in [1.82, 2.24) is 4.98 Å². The predicted molar refractivity (Wildman–Crippen MR) is 74.5 cm³/mol. The molecule has 19 heavy (non-hydrogen) atoms. The van der Waals surface area contributed by atoms with Gasteiger partial charge in [-0.25, -0.2) is 13.8 Å². The Morgan fingerprint density at radius 1 is 1.26 bits per heavy atom.